The van der Waals surface area contributed by atoms with E-state index in [0.29, 0.717) is 16.5 Å². The number of fused-ring (bicyclic) bond motifs is 1. The Morgan fingerprint density at radius 2 is 2.06 bits per heavy atom. The second-order valence-corrected chi connectivity index (χ2v) is 3.76. The maximum atomic E-state index is 13.0. The Labute approximate surface area is 92.5 Å². The Hall–Kier alpha value is -1.97. The molecule has 0 aliphatic carbocycles. The first-order chi connectivity index (χ1) is 7.58. The third-order valence-electron chi connectivity index (χ3n) is 2.30. The Kier molecular flexibility index (Phi) is 2.56. The van der Waals surface area contributed by atoms with E-state index >= 15 is 0 Å². The van der Waals surface area contributed by atoms with Crippen LogP contribution in [0.3, 0.4) is 0 Å². The lowest BCUT2D eigenvalue weighted by molar-refractivity contribution is 0.0827. The summed E-state index contributed by atoms with van der Waals surface area (Å²) in [4.78, 5) is 17.2. The van der Waals surface area contributed by atoms with Crippen LogP contribution in [0.15, 0.2) is 30.5 Å². The average molecular weight is 218 g/mol. The first kappa shape index (κ1) is 10.5. The maximum Gasteiger partial charge on any atom is 0.254 e. The van der Waals surface area contributed by atoms with Crippen LogP contribution in [0.1, 0.15) is 10.4 Å². The zero-order valence-electron chi connectivity index (χ0n) is 9.07. The standard InChI is InChI=1S/C12H11FN2O/c1-15(2)12(16)9-5-8-6-10(13)3-4-11(8)14-7-9/h3-7H,1-2H3. The zero-order chi connectivity index (χ0) is 11.7. The number of aromatic nitrogens is 1. The Morgan fingerprint density at radius 3 is 2.75 bits per heavy atom. The van der Waals surface area contributed by atoms with Crippen molar-refractivity contribution >= 4 is 16.8 Å². The van der Waals surface area contributed by atoms with E-state index in [9.17, 15) is 9.18 Å². The molecule has 0 spiro atoms. The predicted molar refractivity (Wildman–Crippen MR) is 59.7 cm³/mol. The molecule has 1 heterocycles. The van der Waals surface area contributed by atoms with Crippen molar-refractivity contribution < 1.29 is 9.18 Å². The van der Waals surface area contributed by atoms with Gasteiger partial charge >= 0.3 is 0 Å². The van der Waals surface area contributed by atoms with Crippen molar-refractivity contribution in [2.75, 3.05) is 14.1 Å². The first-order valence-electron chi connectivity index (χ1n) is 4.85. The molecule has 0 aliphatic heterocycles. The summed E-state index contributed by atoms with van der Waals surface area (Å²) in [5, 5.41) is 0.632. The molecule has 0 saturated heterocycles. The number of hydrogen-bond acceptors (Lipinski definition) is 2. The molecule has 82 valence electrons. The number of rotatable bonds is 1. The van der Waals surface area contributed by atoms with Crippen LogP contribution in [-0.4, -0.2) is 29.9 Å². The van der Waals surface area contributed by atoms with Crippen molar-refractivity contribution in [3.05, 3.63) is 41.8 Å². The molecule has 16 heavy (non-hydrogen) atoms. The quantitative estimate of drug-likeness (QED) is 0.734. The minimum Gasteiger partial charge on any atom is -0.345 e. The number of amides is 1. The topological polar surface area (TPSA) is 33.2 Å². The third kappa shape index (κ3) is 1.86. The number of carbonyl (C=O) groups is 1. The molecule has 0 bridgehead atoms. The summed E-state index contributed by atoms with van der Waals surface area (Å²) in [6.07, 6.45) is 1.50. The molecule has 3 nitrogen and oxygen atoms in total. The number of halogens is 1. The molecule has 0 fully saturated rings. The Bertz CT molecular complexity index is 552. The minimum absolute atomic E-state index is 0.140. The van der Waals surface area contributed by atoms with Gasteiger partial charge in [-0.1, -0.05) is 0 Å². The molecule has 0 saturated carbocycles. The van der Waals surface area contributed by atoms with Crippen LogP contribution in [0.25, 0.3) is 10.9 Å². The van der Waals surface area contributed by atoms with Gasteiger partial charge in [-0.3, -0.25) is 9.78 Å². The van der Waals surface area contributed by atoms with Crippen LogP contribution in [0.2, 0.25) is 0 Å². The highest BCUT2D eigenvalue weighted by molar-refractivity contribution is 5.96. The molecule has 0 aliphatic rings. The van der Waals surface area contributed by atoms with Gasteiger partial charge in [-0.15, -0.1) is 0 Å². The predicted octanol–water partition coefficient (Wildman–Crippen LogP) is 2.08. The van der Waals surface area contributed by atoms with Crippen molar-refractivity contribution in [2.24, 2.45) is 0 Å². The van der Waals surface area contributed by atoms with Gasteiger partial charge in [-0.25, -0.2) is 4.39 Å². The first-order valence-corrected chi connectivity index (χ1v) is 4.85. The largest absolute Gasteiger partial charge is 0.345 e. The lowest BCUT2D eigenvalue weighted by atomic mass is 10.1. The average Bonchev–Trinajstić information content (AvgIpc) is 2.26. The van der Waals surface area contributed by atoms with E-state index in [1.807, 2.05) is 0 Å². The van der Waals surface area contributed by atoms with Crippen molar-refractivity contribution in [2.45, 2.75) is 0 Å². The van der Waals surface area contributed by atoms with Gasteiger partial charge < -0.3 is 4.90 Å². The van der Waals surface area contributed by atoms with Gasteiger partial charge in [0.25, 0.3) is 5.91 Å². The lowest BCUT2D eigenvalue weighted by Gasteiger charge is -2.10. The molecule has 0 N–H and O–H groups in total. The van der Waals surface area contributed by atoms with Gasteiger partial charge in [-0.05, 0) is 24.3 Å². The van der Waals surface area contributed by atoms with Crippen LogP contribution in [-0.2, 0) is 0 Å². The zero-order valence-corrected chi connectivity index (χ0v) is 9.07. The summed E-state index contributed by atoms with van der Waals surface area (Å²) in [5.74, 6) is -0.470. The summed E-state index contributed by atoms with van der Waals surface area (Å²) < 4.78 is 13.0. The minimum atomic E-state index is -0.330. The van der Waals surface area contributed by atoms with E-state index in [1.165, 1.54) is 23.2 Å². The van der Waals surface area contributed by atoms with Gasteiger partial charge in [0.05, 0.1) is 11.1 Å². The van der Waals surface area contributed by atoms with Crippen LogP contribution >= 0.6 is 0 Å². The fourth-order valence-electron chi connectivity index (χ4n) is 1.48. The van der Waals surface area contributed by atoms with E-state index in [0.717, 1.165) is 0 Å². The summed E-state index contributed by atoms with van der Waals surface area (Å²) in [6, 6.07) is 5.96. The molecular weight excluding hydrogens is 207 g/mol. The molecule has 1 aromatic carbocycles. The second kappa shape index (κ2) is 3.89. The number of hydrogen-bond donors (Lipinski definition) is 0. The third-order valence-corrected chi connectivity index (χ3v) is 2.30. The van der Waals surface area contributed by atoms with Crippen molar-refractivity contribution in [3.63, 3.8) is 0 Å². The molecule has 0 radical (unpaired) electrons. The van der Waals surface area contributed by atoms with Crippen LogP contribution in [0.4, 0.5) is 4.39 Å². The Morgan fingerprint density at radius 1 is 1.31 bits per heavy atom. The fourth-order valence-corrected chi connectivity index (χ4v) is 1.48. The summed E-state index contributed by atoms with van der Waals surface area (Å²) >= 11 is 0. The highest BCUT2D eigenvalue weighted by Gasteiger charge is 2.09. The van der Waals surface area contributed by atoms with Gasteiger partial charge in [0.15, 0.2) is 0 Å². The Balaban J connectivity index is 2.55. The summed E-state index contributed by atoms with van der Waals surface area (Å²) in [7, 11) is 3.33. The molecule has 0 unspecified atom stereocenters. The molecule has 2 aromatic rings. The van der Waals surface area contributed by atoms with E-state index in [2.05, 4.69) is 4.98 Å². The van der Waals surface area contributed by atoms with E-state index in [-0.39, 0.29) is 11.7 Å². The number of benzene rings is 1. The van der Waals surface area contributed by atoms with Crippen LogP contribution in [0, 0.1) is 5.82 Å². The van der Waals surface area contributed by atoms with Crippen molar-refractivity contribution in [3.8, 4) is 0 Å². The molecule has 0 atom stereocenters. The number of carbonyl (C=O) groups excluding carboxylic acids is 1. The SMILES string of the molecule is CN(C)C(=O)c1cnc2ccc(F)cc2c1. The van der Waals surface area contributed by atoms with E-state index < -0.39 is 0 Å². The highest BCUT2D eigenvalue weighted by Crippen LogP contribution is 2.15. The van der Waals surface area contributed by atoms with Gasteiger partial charge in [0.2, 0.25) is 0 Å². The summed E-state index contributed by atoms with van der Waals surface area (Å²) in [6.45, 7) is 0. The van der Waals surface area contributed by atoms with E-state index in [4.69, 9.17) is 0 Å². The monoisotopic (exact) mass is 218 g/mol. The smallest absolute Gasteiger partial charge is 0.254 e. The van der Waals surface area contributed by atoms with Crippen LogP contribution < -0.4 is 0 Å². The summed E-state index contributed by atoms with van der Waals surface area (Å²) in [5.41, 5.74) is 1.14. The van der Waals surface area contributed by atoms with Gasteiger partial charge in [0, 0.05) is 25.7 Å². The fraction of sp³-hybridized carbons (Fsp3) is 0.167. The maximum absolute atomic E-state index is 13.0. The number of nitrogens with zero attached hydrogens (tertiary/aromatic N) is 2. The van der Waals surface area contributed by atoms with E-state index in [1.54, 1.807) is 26.2 Å². The molecular formula is C12H11FN2O. The molecule has 1 aromatic heterocycles. The highest BCUT2D eigenvalue weighted by atomic mass is 19.1. The molecule has 1 amide bonds. The normalized spacial score (nSPS) is 10.4. The lowest BCUT2D eigenvalue weighted by Crippen LogP contribution is -2.21. The van der Waals surface area contributed by atoms with Crippen molar-refractivity contribution in [1.82, 2.24) is 9.88 Å². The molecule has 2 rings (SSSR count). The second-order valence-electron chi connectivity index (χ2n) is 3.76. The number of pyridine rings is 1. The van der Waals surface area contributed by atoms with Gasteiger partial charge in [-0.2, -0.15) is 0 Å². The van der Waals surface area contributed by atoms with Gasteiger partial charge in [0.1, 0.15) is 5.82 Å². The molecule has 4 heteroatoms. The van der Waals surface area contributed by atoms with Crippen LogP contribution in [0.5, 0.6) is 0 Å². The van der Waals surface area contributed by atoms with Crippen molar-refractivity contribution in [1.29, 1.82) is 0 Å².